The van der Waals surface area contributed by atoms with E-state index in [0.717, 1.165) is 51.5 Å². The molecule has 5 fully saturated rings. The lowest BCUT2D eigenvalue weighted by molar-refractivity contribution is -0.242. The average Bonchev–Trinajstić information content (AvgIpc) is 3.79. The minimum absolute atomic E-state index is 0.000953. The second kappa shape index (κ2) is 13.9. The molecule has 3 saturated heterocycles. The van der Waals surface area contributed by atoms with Crippen molar-refractivity contribution in [2.24, 2.45) is 5.41 Å². The third-order valence-corrected chi connectivity index (χ3v) is 12.6. The SMILES string of the molecule is CCc1c(F)ccc2cc(O)cc(-c3nc(OC)c4c(N5CCOC[C@@](C)(O)C5)nc(OC[C@]56CCC[C@H]5N(C5CC7(C5)OCCO7)CCC6)nc4c3F)c12. The Labute approximate surface area is 318 Å². The van der Waals surface area contributed by atoms with Crippen molar-refractivity contribution in [2.45, 2.75) is 88.7 Å². The maximum atomic E-state index is 17.4. The normalized spacial score (nSPS) is 27.1. The van der Waals surface area contributed by atoms with E-state index in [9.17, 15) is 10.2 Å². The summed E-state index contributed by atoms with van der Waals surface area (Å²) in [6.45, 7) is 7.09. The molecule has 2 saturated carbocycles. The summed E-state index contributed by atoms with van der Waals surface area (Å²) in [6, 6.07) is 6.54. The van der Waals surface area contributed by atoms with E-state index in [1.807, 2.05) is 11.8 Å². The number of phenols is 1. The number of aromatic nitrogens is 3. The third-order valence-electron chi connectivity index (χ3n) is 12.6. The zero-order valence-electron chi connectivity index (χ0n) is 31.7. The first kappa shape index (κ1) is 36.7. The smallest absolute Gasteiger partial charge is 0.319 e. The number of piperidine rings is 1. The van der Waals surface area contributed by atoms with Crippen LogP contribution in [0.2, 0.25) is 0 Å². The Kier molecular flexibility index (Phi) is 9.27. The molecule has 3 atom stereocenters. The second-order valence-corrected chi connectivity index (χ2v) is 16.3. The van der Waals surface area contributed by atoms with Gasteiger partial charge in [-0.1, -0.05) is 19.4 Å². The molecule has 9 rings (SSSR count). The van der Waals surface area contributed by atoms with Crippen LogP contribution in [0.3, 0.4) is 0 Å². The molecular weight excluding hydrogens is 712 g/mol. The molecule has 2 N–H and O–H groups in total. The molecule has 3 aliphatic heterocycles. The van der Waals surface area contributed by atoms with Crippen LogP contribution in [0.15, 0.2) is 24.3 Å². The highest BCUT2D eigenvalue weighted by Gasteiger charge is 2.57. The monoisotopic (exact) mass is 761 g/mol. The lowest BCUT2D eigenvalue weighted by Crippen LogP contribution is -2.63. The highest BCUT2D eigenvalue weighted by molar-refractivity contribution is 6.03. The van der Waals surface area contributed by atoms with Gasteiger partial charge in [0, 0.05) is 42.4 Å². The van der Waals surface area contributed by atoms with Crippen molar-refractivity contribution in [2.75, 3.05) is 64.7 Å². The molecule has 4 aromatic rings. The molecule has 14 heteroatoms. The number of likely N-dealkylation sites (tertiary alicyclic amines) is 1. The molecule has 2 aromatic heterocycles. The predicted molar refractivity (Wildman–Crippen MR) is 201 cm³/mol. The van der Waals surface area contributed by atoms with Gasteiger partial charge in [0.25, 0.3) is 0 Å². The van der Waals surface area contributed by atoms with Gasteiger partial charge in [-0.3, -0.25) is 4.90 Å². The molecule has 55 heavy (non-hydrogen) atoms. The van der Waals surface area contributed by atoms with Gasteiger partial charge in [-0.25, -0.2) is 13.8 Å². The number of aliphatic hydroxyl groups is 1. The largest absolute Gasteiger partial charge is 0.508 e. The molecule has 0 bridgehead atoms. The van der Waals surface area contributed by atoms with Gasteiger partial charge in [-0.15, -0.1) is 0 Å². The average molecular weight is 762 g/mol. The van der Waals surface area contributed by atoms with Crippen LogP contribution >= 0.6 is 0 Å². The third kappa shape index (κ3) is 6.34. The number of nitrogens with zero attached hydrogens (tertiary/aromatic N) is 5. The number of rotatable bonds is 8. The predicted octanol–water partition coefficient (Wildman–Crippen LogP) is 5.91. The Morgan fingerprint density at radius 3 is 2.58 bits per heavy atom. The summed E-state index contributed by atoms with van der Waals surface area (Å²) >= 11 is 0. The number of benzene rings is 2. The summed E-state index contributed by atoms with van der Waals surface area (Å²) < 4.78 is 62.8. The Morgan fingerprint density at radius 2 is 1.80 bits per heavy atom. The summed E-state index contributed by atoms with van der Waals surface area (Å²) in [7, 11) is 1.43. The fourth-order valence-electron chi connectivity index (χ4n) is 10.1. The molecule has 0 radical (unpaired) electrons. The number of phenolic OH excluding ortho intramolecular Hbond substituents is 1. The number of ether oxygens (including phenoxy) is 5. The first-order valence-electron chi connectivity index (χ1n) is 19.6. The Balaban J connectivity index is 1.14. The number of β-amino-alcohol motifs (C(OH)–C–C–N with tert-alkyl or cyclic N) is 1. The molecule has 294 valence electrons. The summed E-state index contributed by atoms with van der Waals surface area (Å²) in [5.74, 6) is -1.44. The molecule has 2 aliphatic carbocycles. The van der Waals surface area contributed by atoms with Crippen molar-refractivity contribution in [3.63, 3.8) is 0 Å². The van der Waals surface area contributed by atoms with Crippen molar-refractivity contribution in [3.05, 3.63) is 41.5 Å². The first-order valence-corrected chi connectivity index (χ1v) is 19.6. The van der Waals surface area contributed by atoms with E-state index in [4.69, 9.17) is 33.7 Å². The van der Waals surface area contributed by atoms with Gasteiger partial charge in [-0.2, -0.15) is 9.97 Å². The van der Waals surface area contributed by atoms with Gasteiger partial charge >= 0.3 is 6.01 Å². The molecule has 5 aliphatic rings. The first-order chi connectivity index (χ1) is 26.5. The van der Waals surface area contributed by atoms with Crippen molar-refractivity contribution in [1.29, 1.82) is 0 Å². The van der Waals surface area contributed by atoms with E-state index < -0.39 is 23.0 Å². The molecule has 0 amide bonds. The molecule has 0 unspecified atom stereocenters. The van der Waals surface area contributed by atoms with E-state index in [1.165, 1.54) is 25.3 Å². The maximum Gasteiger partial charge on any atom is 0.319 e. The van der Waals surface area contributed by atoms with Gasteiger partial charge in [0.15, 0.2) is 11.6 Å². The number of pyridine rings is 1. The van der Waals surface area contributed by atoms with Crippen LogP contribution in [0.5, 0.6) is 17.6 Å². The van der Waals surface area contributed by atoms with Gasteiger partial charge in [0.1, 0.15) is 39.6 Å². The number of methoxy groups -OCH3 is 1. The fourth-order valence-corrected chi connectivity index (χ4v) is 10.1. The van der Waals surface area contributed by atoms with Gasteiger partial charge in [0.2, 0.25) is 5.88 Å². The summed E-state index contributed by atoms with van der Waals surface area (Å²) in [6.07, 6.45) is 7.28. The second-order valence-electron chi connectivity index (χ2n) is 16.3. The number of aromatic hydroxyl groups is 1. The number of aryl methyl sites for hydroxylation is 1. The number of hydrogen-bond donors (Lipinski definition) is 2. The van der Waals surface area contributed by atoms with Gasteiger partial charge < -0.3 is 38.8 Å². The molecule has 12 nitrogen and oxygen atoms in total. The fraction of sp³-hybridized carbons (Fsp3) is 0.585. The van der Waals surface area contributed by atoms with Crippen LogP contribution in [0.1, 0.15) is 64.4 Å². The van der Waals surface area contributed by atoms with Crippen LogP contribution in [0, 0.1) is 17.0 Å². The quantitative estimate of drug-likeness (QED) is 0.222. The van der Waals surface area contributed by atoms with E-state index in [2.05, 4.69) is 9.88 Å². The number of hydrogen-bond acceptors (Lipinski definition) is 12. The highest BCUT2D eigenvalue weighted by atomic mass is 19.1. The number of halogens is 2. The van der Waals surface area contributed by atoms with E-state index in [-0.39, 0.29) is 58.4 Å². The Bertz CT molecular complexity index is 2120. The van der Waals surface area contributed by atoms with Crippen molar-refractivity contribution >= 4 is 27.5 Å². The van der Waals surface area contributed by atoms with Crippen molar-refractivity contribution in [3.8, 4) is 28.9 Å². The minimum Gasteiger partial charge on any atom is -0.508 e. The van der Waals surface area contributed by atoms with Crippen LogP contribution in [0.4, 0.5) is 14.6 Å². The van der Waals surface area contributed by atoms with E-state index in [1.54, 1.807) is 13.0 Å². The summed E-state index contributed by atoms with van der Waals surface area (Å²) in [5, 5.41) is 23.2. The highest BCUT2D eigenvalue weighted by Crippen LogP contribution is 2.53. The Hall–Kier alpha value is -3.95. The topological polar surface area (TPSA) is 132 Å². The number of fused-ring (bicyclic) bond motifs is 3. The van der Waals surface area contributed by atoms with Gasteiger partial charge in [0.05, 0.1) is 46.7 Å². The zero-order chi connectivity index (χ0) is 38.1. The van der Waals surface area contributed by atoms with Gasteiger partial charge in [-0.05, 0) is 80.1 Å². The lowest BCUT2D eigenvalue weighted by Gasteiger charge is -2.55. The number of anilines is 1. The molecular formula is C41H49F2N5O7. The van der Waals surface area contributed by atoms with Crippen LogP contribution in [0.25, 0.3) is 32.9 Å². The van der Waals surface area contributed by atoms with Crippen molar-refractivity contribution in [1.82, 2.24) is 19.9 Å². The zero-order valence-corrected chi connectivity index (χ0v) is 31.7. The van der Waals surface area contributed by atoms with Crippen molar-refractivity contribution < 1.29 is 42.7 Å². The summed E-state index contributed by atoms with van der Waals surface area (Å²) in [4.78, 5) is 18.8. The van der Waals surface area contributed by atoms with E-state index in [0.29, 0.717) is 73.6 Å². The minimum atomic E-state index is -1.23. The van der Waals surface area contributed by atoms with Crippen LogP contribution < -0.4 is 14.4 Å². The standard InChI is InChI=1S/C41H49F2N5O7/c1-4-27-29(42)9-8-24-17-26(49)18-28(31(24)27)34-33(43)35-32(37(44-34)51-3)36(47-13-14-52-22-39(2,50)21-47)46-38(45-35)53-23-40-10-5-7-30(40)48(12-6-11-40)25-19-41(20-25)54-15-16-55-41/h8-9,17-18,25,30,49-50H,4-7,10-16,19-23H2,1-3H3/t30-,39+,40-/m1/s1. The molecule has 1 spiro atoms. The summed E-state index contributed by atoms with van der Waals surface area (Å²) in [5.41, 5.74) is -1.03. The van der Waals surface area contributed by atoms with Crippen LogP contribution in [-0.4, -0.2) is 113 Å². The van der Waals surface area contributed by atoms with Crippen LogP contribution in [-0.2, 0) is 20.6 Å². The Morgan fingerprint density at radius 1 is 1.00 bits per heavy atom. The lowest BCUT2D eigenvalue weighted by atomic mass is 9.72. The maximum absolute atomic E-state index is 17.4. The molecule has 5 heterocycles. The van der Waals surface area contributed by atoms with E-state index >= 15 is 8.78 Å². The molecule has 2 aromatic carbocycles.